The number of benzene rings is 1. The van der Waals surface area contributed by atoms with Gasteiger partial charge in [0.1, 0.15) is 6.04 Å². The molecule has 0 spiro atoms. The van der Waals surface area contributed by atoms with Crippen LogP contribution in [0.15, 0.2) is 24.3 Å². The van der Waals surface area contributed by atoms with Crippen LogP contribution in [0.2, 0.25) is 0 Å². The van der Waals surface area contributed by atoms with E-state index in [1.165, 1.54) is 12.5 Å². The van der Waals surface area contributed by atoms with E-state index in [9.17, 15) is 14.4 Å². The average Bonchev–Trinajstić information content (AvgIpc) is 2.52. The maximum absolute atomic E-state index is 11.9. The lowest BCUT2D eigenvalue weighted by Crippen LogP contribution is -2.48. The molecule has 5 N–H and O–H groups in total. The highest BCUT2D eigenvalue weighted by atomic mass is 16.4. The van der Waals surface area contributed by atoms with Gasteiger partial charge in [-0.3, -0.25) is 14.4 Å². The van der Waals surface area contributed by atoms with Gasteiger partial charge in [0.15, 0.2) is 0 Å². The highest BCUT2D eigenvalue weighted by Crippen LogP contribution is 2.22. The number of aliphatic carboxylic acids is 1. The first kappa shape index (κ1) is 20.6. The minimum absolute atomic E-state index is 0.0645. The van der Waals surface area contributed by atoms with Gasteiger partial charge in [0.05, 0.1) is 12.5 Å². The molecule has 1 aromatic rings. The molecular formula is C18H27N3O4. The molecule has 0 bridgehead atoms. The number of hydrogen-bond acceptors (Lipinski definition) is 4. The van der Waals surface area contributed by atoms with Crippen molar-refractivity contribution >= 4 is 17.8 Å². The molecule has 0 saturated heterocycles. The summed E-state index contributed by atoms with van der Waals surface area (Å²) in [5.41, 5.74) is 7.85. The summed E-state index contributed by atoms with van der Waals surface area (Å²) >= 11 is 0. The van der Waals surface area contributed by atoms with Crippen molar-refractivity contribution in [3.05, 3.63) is 35.4 Å². The zero-order valence-corrected chi connectivity index (χ0v) is 15.1. The Morgan fingerprint density at radius 1 is 1.16 bits per heavy atom. The van der Waals surface area contributed by atoms with Crippen molar-refractivity contribution < 1.29 is 19.5 Å². The lowest BCUT2D eigenvalue weighted by Gasteiger charge is -2.19. The van der Waals surface area contributed by atoms with Gasteiger partial charge in [0, 0.05) is 6.54 Å². The van der Waals surface area contributed by atoms with Crippen molar-refractivity contribution in [3.8, 4) is 0 Å². The maximum Gasteiger partial charge on any atom is 0.325 e. The summed E-state index contributed by atoms with van der Waals surface area (Å²) in [5.74, 6) is -2.20. The number of nitrogens with one attached hydrogen (secondary N) is 2. The van der Waals surface area contributed by atoms with E-state index < -0.39 is 24.0 Å². The zero-order valence-electron chi connectivity index (χ0n) is 15.1. The quantitative estimate of drug-likeness (QED) is 0.583. The Morgan fingerprint density at radius 2 is 1.72 bits per heavy atom. The van der Waals surface area contributed by atoms with Gasteiger partial charge < -0.3 is 21.5 Å². The molecule has 0 saturated carbocycles. The largest absolute Gasteiger partial charge is 0.480 e. The van der Waals surface area contributed by atoms with Gasteiger partial charge in [0.2, 0.25) is 11.8 Å². The Morgan fingerprint density at radius 3 is 2.20 bits per heavy atom. The molecule has 0 fully saturated rings. The first-order valence-corrected chi connectivity index (χ1v) is 8.15. The van der Waals surface area contributed by atoms with Gasteiger partial charge in [-0.25, -0.2) is 0 Å². The summed E-state index contributed by atoms with van der Waals surface area (Å²) in [7, 11) is 0. The minimum Gasteiger partial charge on any atom is -0.480 e. The number of carbonyl (C=O) groups is 3. The van der Waals surface area contributed by atoms with Crippen molar-refractivity contribution in [2.24, 2.45) is 5.73 Å². The molecule has 0 aliphatic carbocycles. The first-order chi connectivity index (χ1) is 11.5. The zero-order chi connectivity index (χ0) is 19.2. The van der Waals surface area contributed by atoms with Crippen LogP contribution in [0, 0.1) is 0 Å². The number of amides is 2. The second-order valence-electron chi connectivity index (χ2n) is 7.10. The van der Waals surface area contributed by atoms with E-state index in [1.54, 1.807) is 0 Å². The van der Waals surface area contributed by atoms with Gasteiger partial charge in [-0.15, -0.1) is 0 Å². The van der Waals surface area contributed by atoms with Crippen molar-refractivity contribution in [2.75, 3.05) is 0 Å². The van der Waals surface area contributed by atoms with Crippen LogP contribution in [0.3, 0.4) is 0 Å². The van der Waals surface area contributed by atoms with E-state index >= 15 is 0 Å². The van der Waals surface area contributed by atoms with E-state index in [0.29, 0.717) is 6.54 Å². The van der Waals surface area contributed by atoms with E-state index in [2.05, 4.69) is 31.4 Å². The second-order valence-corrected chi connectivity index (χ2v) is 7.10. The highest BCUT2D eigenvalue weighted by molar-refractivity contribution is 5.90. The predicted molar refractivity (Wildman–Crippen MR) is 94.8 cm³/mol. The predicted octanol–water partition coefficient (Wildman–Crippen LogP) is 0.907. The number of carboxylic acids is 1. The monoisotopic (exact) mass is 349 g/mol. The molecule has 7 nitrogen and oxygen atoms in total. The van der Waals surface area contributed by atoms with Crippen LogP contribution in [0.1, 0.15) is 45.2 Å². The van der Waals surface area contributed by atoms with Crippen LogP contribution in [-0.2, 0) is 26.3 Å². The third-order valence-electron chi connectivity index (χ3n) is 3.78. The van der Waals surface area contributed by atoms with Crippen LogP contribution in [0.5, 0.6) is 0 Å². The topological polar surface area (TPSA) is 122 Å². The van der Waals surface area contributed by atoms with Crippen LogP contribution >= 0.6 is 0 Å². The Hall–Kier alpha value is -2.41. The summed E-state index contributed by atoms with van der Waals surface area (Å²) in [6.45, 7) is 8.04. The van der Waals surface area contributed by atoms with Crippen molar-refractivity contribution in [1.82, 2.24) is 10.6 Å². The van der Waals surface area contributed by atoms with E-state index in [1.807, 2.05) is 24.3 Å². The van der Waals surface area contributed by atoms with Crippen LogP contribution < -0.4 is 16.4 Å². The Bertz CT molecular complexity index is 620. The molecule has 2 atom stereocenters. The minimum atomic E-state index is -1.16. The van der Waals surface area contributed by atoms with Gasteiger partial charge in [-0.1, -0.05) is 45.0 Å². The highest BCUT2D eigenvalue weighted by Gasteiger charge is 2.21. The van der Waals surface area contributed by atoms with Crippen molar-refractivity contribution in [3.63, 3.8) is 0 Å². The number of hydrogen-bond donors (Lipinski definition) is 4. The SMILES string of the molecule is CC(NC(=O)C(N)CC(=O)NCc1ccc(C(C)(C)C)cc1)C(=O)O. The average molecular weight is 349 g/mol. The first-order valence-electron chi connectivity index (χ1n) is 8.15. The lowest BCUT2D eigenvalue weighted by atomic mass is 9.87. The number of rotatable bonds is 7. The Balaban J connectivity index is 2.46. The van der Waals surface area contributed by atoms with Crippen LogP contribution in [-0.4, -0.2) is 35.0 Å². The Labute approximate surface area is 148 Å². The van der Waals surface area contributed by atoms with Gasteiger partial charge in [-0.05, 0) is 23.5 Å². The molecular weight excluding hydrogens is 322 g/mol. The second kappa shape index (κ2) is 8.62. The molecule has 7 heteroatoms. The number of nitrogens with two attached hydrogens (primary N) is 1. The summed E-state index contributed by atoms with van der Waals surface area (Å²) < 4.78 is 0. The molecule has 1 aromatic carbocycles. The summed E-state index contributed by atoms with van der Waals surface area (Å²) in [5, 5.41) is 13.7. The molecule has 25 heavy (non-hydrogen) atoms. The normalized spacial score (nSPS) is 13.6. The lowest BCUT2D eigenvalue weighted by molar-refractivity contribution is -0.141. The molecule has 2 unspecified atom stereocenters. The fourth-order valence-electron chi connectivity index (χ4n) is 2.07. The summed E-state index contributed by atoms with van der Waals surface area (Å²) in [6, 6.07) is 5.79. The molecule has 0 radical (unpaired) electrons. The van der Waals surface area contributed by atoms with E-state index in [4.69, 9.17) is 10.8 Å². The van der Waals surface area contributed by atoms with Crippen molar-refractivity contribution in [1.29, 1.82) is 0 Å². The molecule has 0 aliphatic rings. The van der Waals surface area contributed by atoms with Crippen molar-refractivity contribution in [2.45, 2.75) is 58.2 Å². The van der Waals surface area contributed by atoms with Crippen LogP contribution in [0.4, 0.5) is 0 Å². The molecule has 2 amide bonds. The molecule has 0 aliphatic heterocycles. The third-order valence-corrected chi connectivity index (χ3v) is 3.78. The number of carboxylic acid groups (broad SMARTS) is 1. The molecule has 1 rings (SSSR count). The molecule has 138 valence electrons. The smallest absolute Gasteiger partial charge is 0.325 e. The number of carbonyl (C=O) groups excluding carboxylic acids is 2. The van der Waals surface area contributed by atoms with Gasteiger partial charge >= 0.3 is 5.97 Å². The molecule has 0 aromatic heterocycles. The van der Waals surface area contributed by atoms with E-state index in [0.717, 1.165) is 5.56 Å². The fourth-order valence-corrected chi connectivity index (χ4v) is 2.07. The van der Waals surface area contributed by atoms with Gasteiger partial charge in [-0.2, -0.15) is 0 Å². The van der Waals surface area contributed by atoms with E-state index in [-0.39, 0.29) is 17.7 Å². The standard InChI is InChI=1S/C18H27N3O4/c1-11(17(24)25)21-16(23)14(19)9-15(22)20-10-12-5-7-13(8-6-12)18(2,3)4/h5-8,11,14H,9-10,19H2,1-4H3,(H,20,22)(H,21,23)(H,24,25). The fraction of sp³-hybridized carbons (Fsp3) is 0.500. The third kappa shape index (κ3) is 6.93. The summed E-state index contributed by atoms with van der Waals surface area (Å²) in [4.78, 5) is 34.3. The van der Waals surface area contributed by atoms with Gasteiger partial charge in [0.25, 0.3) is 0 Å². The molecule has 0 heterocycles. The summed E-state index contributed by atoms with van der Waals surface area (Å²) in [6.07, 6.45) is -0.210. The maximum atomic E-state index is 11.9. The van der Waals surface area contributed by atoms with Crippen LogP contribution in [0.25, 0.3) is 0 Å². The Kier molecular flexibility index (Phi) is 7.11.